The molecule has 4 N–H and O–H groups in total. The van der Waals surface area contributed by atoms with Gasteiger partial charge in [0.05, 0.1) is 16.1 Å². The molecule has 0 amide bonds. The van der Waals surface area contributed by atoms with Crippen molar-refractivity contribution >= 4 is 33.5 Å². The normalized spacial score (nSPS) is 11.0. The van der Waals surface area contributed by atoms with Crippen molar-refractivity contribution < 1.29 is 0 Å². The summed E-state index contributed by atoms with van der Waals surface area (Å²) in [7, 11) is 1.83. The fourth-order valence-corrected chi connectivity index (χ4v) is 2.55. The first-order valence-electron chi connectivity index (χ1n) is 5.45. The predicted molar refractivity (Wildman–Crippen MR) is 73.7 cm³/mol. The number of pyridine rings is 1. The molecular formula is C11H12N6S. The third kappa shape index (κ3) is 1.68. The van der Waals surface area contributed by atoms with Gasteiger partial charge in [-0.3, -0.25) is 0 Å². The minimum absolute atomic E-state index is 0.548. The molecule has 3 heterocycles. The van der Waals surface area contributed by atoms with E-state index in [4.69, 9.17) is 5.73 Å². The van der Waals surface area contributed by atoms with Gasteiger partial charge in [0.15, 0.2) is 16.6 Å². The number of nitrogens with two attached hydrogens (primary N) is 1. The summed E-state index contributed by atoms with van der Waals surface area (Å²) in [5, 5.41) is 3.54. The average molecular weight is 260 g/mol. The van der Waals surface area contributed by atoms with Gasteiger partial charge in [0.25, 0.3) is 0 Å². The molecule has 0 spiro atoms. The van der Waals surface area contributed by atoms with Gasteiger partial charge in [-0.2, -0.15) is 0 Å². The summed E-state index contributed by atoms with van der Waals surface area (Å²) in [4.78, 5) is 17.2. The molecular weight excluding hydrogens is 248 g/mol. The maximum absolute atomic E-state index is 5.70. The Hall–Kier alpha value is -2.15. The van der Waals surface area contributed by atoms with E-state index >= 15 is 0 Å². The van der Waals surface area contributed by atoms with E-state index in [9.17, 15) is 0 Å². The lowest BCUT2D eigenvalue weighted by atomic mass is 10.4. The van der Waals surface area contributed by atoms with Crippen LogP contribution >= 0.6 is 11.3 Å². The highest BCUT2D eigenvalue weighted by Crippen LogP contribution is 2.30. The van der Waals surface area contributed by atoms with Gasteiger partial charge < -0.3 is 16.0 Å². The van der Waals surface area contributed by atoms with Crippen molar-refractivity contribution in [3.05, 3.63) is 17.8 Å². The number of imidazole rings is 1. The van der Waals surface area contributed by atoms with Gasteiger partial charge in [0.2, 0.25) is 0 Å². The van der Waals surface area contributed by atoms with Crippen LogP contribution in [0.5, 0.6) is 0 Å². The number of H-pyrrole nitrogens is 1. The highest BCUT2D eigenvalue weighted by Gasteiger charge is 2.13. The first-order chi connectivity index (χ1) is 8.67. The molecule has 0 atom stereocenters. The van der Waals surface area contributed by atoms with Crippen molar-refractivity contribution in [3.63, 3.8) is 0 Å². The Balaban J connectivity index is 2.16. The second-order valence-electron chi connectivity index (χ2n) is 3.87. The third-order valence-electron chi connectivity index (χ3n) is 2.63. The van der Waals surface area contributed by atoms with Gasteiger partial charge in [-0.25, -0.2) is 15.0 Å². The van der Waals surface area contributed by atoms with Crippen molar-refractivity contribution in [2.75, 3.05) is 18.1 Å². The minimum atomic E-state index is 0.548. The van der Waals surface area contributed by atoms with Gasteiger partial charge in [-0.15, -0.1) is 0 Å². The fraction of sp³-hybridized carbons (Fsp3) is 0.182. The number of anilines is 2. The highest BCUT2D eigenvalue weighted by atomic mass is 32.1. The van der Waals surface area contributed by atoms with Crippen LogP contribution in [0, 0.1) is 6.92 Å². The molecule has 7 heteroatoms. The van der Waals surface area contributed by atoms with E-state index in [0.29, 0.717) is 10.8 Å². The first-order valence-corrected chi connectivity index (χ1v) is 6.27. The molecule has 0 radical (unpaired) electrons. The van der Waals surface area contributed by atoms with E-state index in [2.05, 4.69) is 25.3 Å². The van der Waals surface area contributed by atoms with E-state index in [1.54, 1.807) is 0 Å². The molecule has 3 rings (SSSR count). The zero-order chi connectivity index (χ0) is 12.7. The van der Waals surface area contributed by atoms with Crippen molar-refractivity contribution in [1.29, 1.82) is 0 Å². The standard InChI is InChI=1S/C11H12N6S/c1-5-8(18-11(12)14-5)10-15-6-3-4-7(13-2)16-9(6)17-10/h3-4H,1-2H3,(H2,12,14)(H2,13,15,16,17). The molecule has 0 aliphatic carbocycles. The number of rotatable bonds is 2. The molecule has 0 fully saturated rings. The summed E-state index contributed by atoms with van der Waals surface area (Å²) < 4.78 is 0. The summed E-state index contributed by atoms with van der Waals surface area (Å²) in [6, 6.07) is 3.85. The molecule has 6 nitrogen and oxygen atoms in total. The van der Waals surface area contributed by atoms with E-state index in [1.165, 1.54) is 11.3 Å². The monoisotopic (exact) mass is 260 g/mol. The number of nitrogens with one attached hydrogen (secondary N) is 2. The summed E-state index contributed by atoms with van der Waals surface area (Å²) in [5.41, 5.74) is 8.16. The Bertz CT molecular complexity index is 713. The highest BCUT2D eigenvalue weighted by molar-refractivity contribution is 7.18. The molecule has 0 bridgehead atoms. The fourth-order valence-electron chi connectivity index (χ4n) is 1.78. The Labute approximate surface area is 107 Å². The molecule has 18 heavy (non-hydrogen) atoms. The van der Waals surface area contributed by atoms with E-state index in [-0.39, 0.29) is 0 Å². The van der Waals surface area contributed by atoms with Gasteiger partial charge in [-0.05, 0) is 19.1 Å². The molecule has 0 unspecified atom stereocenters. The summed E-state index contributed by atoms with van der Waals surface area (Å²) in [6.45, 7) is 1.92. The van der Waals surface area contributed by atoms with Gasteiger partial charge >= 0.3 is 0 Å². The Morgan fingerprint density at radius 3 is 2.78 bits per heavy atom. The maximum atomic E-state index is 5.70. The van der Waals surface area contributed by atoms with Crippen LogP contribution < -0.4 is 11.1 Å². The lowest BCUT2D eigenvalue weighted by Crippen LogP contribution is -1.91. The van der Waals surface area contributed by atoms with Gasteiger partial charge in [0, 0.05) is 7.05 Å². The van der Waals surface area contributed by atoms with Crippen LogP contribution in [-0.4, -0.2) is 27.0 Å². The molecule has 0 saturated heterocycles. The molecule has 0 saturated carbocycles. The zero-order valence-electron chi connectivity index (χ0n) is 9.98. The number of aryl methyl sites for hydroxylation is 1. The number of hydrogen-bond donors (Lipinski definition) is 3. The van der Waals surface area contributed by atoms with Crippen LogP contribution in [-0.2, 0) is 0 Å². The van der Waals surface area contributed by atoms with Crippen molar-refractivity contribution in [2.24, 2.45) is 0 Å². The number of nitrogen functional groups attached to an aromatic ring is 1. The smallest absolute Gasteiger partial charge is 0.180 e. The second-order valence-corrected chi connectivity index (χ2v) is 4.90. The number of thiazole rings is 1. The Kier molecular flexibility index (Phi) is 2.41. The lowest BCUT2D eigenvalue weighted by Gasteiger charge is -1.95. The summed E-state index contributed by atoms with van der Waals surface area (Å²) in [6.07, 6.45) is 0. The number of nitrogens with zero attached hydrogens (tertiary/aromatic N) is 3. The average Bonchev–Trinajstić information content (AvgIpc) is 2.90. The number of aromatic nitrogens is 4. The van der Waals surface area contributed by atoms with E-state index < -0.39 is 0 Å². The molecule has 0 aromatic carbocycles. The number of aromatic amines is 1. The van der Waals surface area contributed by atoms with Crippen LogP contribution in [0.15, 0.2) is 12.1 Å². The zero-order valence-corrected chi connectivity index (χ0v) is 10.8. The van der Waals surface area contributed by atoms with Gasteiger partial charge in [0.1, 0.15) is 5.82 Å². The molecule has 0 aliphatic heterocycles. The van der Waals surface area contributed by atoms with E-state index in [0.717, 1.165) is 27.7 Å². The largest absolute Gasteiger partial charge is 0.375 e. The van der Waals surface area contributed by atoms with Crippen LogP contribution in [0.2, 0.25) is 0 Å². The molecule has 0 aliphatic rings. The van der Waals surface area contributed by atoms with Crippen LogP contribution in [0.25, 0.3) is 21.9 Å². The third-order valence-corrected chi connectivity index (χ3v) is 3.62. The maximum Gasteiger partial charge on any atom is 0.180 e. The SMILES string of the molecule is CNc1ccc2[nH]c(-c3sc(N)nc3C)nc2n1. The van der Waals surface area contributed by atoms with E-state index in [1.807, 2.05) is 26.1 Å². The molecule has 3 aromatic rings. The first kappa shape index (κ1) is 11.0. The van der Waals surface area contributed by atoms with Crippen molar-refractivity contribution in [2.45, 2.75) is 6.92 Å². The molecule has 92 valence electrons. The topological polar surface area (TPSA) is 92.5 Å². The Morgan fingerprint density at radius 1 is 1.28 bits per heavy atom. The van der Waals surface area contributed by atoms with Crippen LogP contribution in [0.4, 0.5) is 10.9 Å². The van der Waals surface area contributed by atoms with Gasteiger partial charge in [-0.1, -0.05) is 11.3 Å². The van der Waals surface area contributed by atoms with Crippen molar-refractivity contribution in [1.82, 2.24) is 19.9 Å². The summed E-state index contributed by atoms with van der Waals surface area (Å²) >= 11 is 1.42. The summed E-state index contributed by atoms with van der Waals surface area (Å²) in [5.74, 6) is 1.55. The van der Waals surface area contributed by atoms with Crippen LogP contribution in [0.1, 0.15) is 5.69 Å². The second kappa shape index (κ2) is 3.95. The number of fused-ring (bicyclic) bond motifs is 1. The number of hydrogen-bond acceptors (Lipinski definition) is 6. The minimum Gasteiger partial charge on any atom is -0.375 e. The van der Waals surface area contributed by atoms with Crippen molar-refractivity contribution in [3.8, 4) is 10.7 Å². The van der Waals surface area contributed by atoms with Crippen LogP contribution in [0.3, 0.4) is 0 Å². The quantitative estimate of drug-likeness (QED) is 0.655. The predicted octanol–water partition coefficient (Wildman–Crippen LogP) is 2.01. The molecule has 3 aromatic heterocycles. The Morgan fingerprint density at radius 2 is 2.11 bits per heavy atom. The lowest BCUT2D eigenvalue weighted by molar-refractivity contribution is 1.24.